The van der Waals surface area contributed by atoms with Crippen LogP contribution >= 0.6 is 0 Å². The van der Waals surface area contributed by atoms with Crippen molar-refractivity contribution in [3.05, 3.63) is 35.6 Å². The molecule has 2 N–H and O–H groups in total. The van der Waals surface area contributed by atoms with Gasteiger partial charge >= 0.3 is 0 Å². The third kappa shape index (κ3) is 5.17. The number of halogens is 1. The first-order chi connectivity index (χ1) is 8.65. The molecule has 1 atom stereocenters. The molecule has 0 spiro atoms. The molecule has 0 aliphatic rings. The lowest BCUT2D eigenvalue weighted by molar-refractivity contribution is 0.622. The van der Waals surface area contributed by atoms with Gasteiger partial charge in [-0.1, -0.05) is 19.1 Å². The van der Waals surface area contributed by atoms with E-state index in [1.54, 1.807) is 7.05 Å². The summed E-state index contributed by atoms with van der Waals surface area (Å²) in [6.45, 7) is 5.03. The number of nitrogens with one attached hydrogen (secondary N) is 2. The summed E-state index contributed by atoms with van der Waals surface area (Å²) in [5, 5.41) is 6.53. The lowest BCUT2D eigenvalue weighted by Gasteiger charge is -2.16. The number of hydrogen-bond acceptors (Lipinski definition) is 1. The van der Waals surface area contributed by atoms with E-state index in [9.17, 15) is 4.39 Å². The Morgan fingerprint density at radius 3 is 2.56 bits per heavy atom. The number of hydrogen-bond donors (Lipinski definition) is 2. The highest BCUT2D eigenvalue weighted by Crippen LogP contribution is 2.02. The van der Waals surface area contributed by atoms with Crippen LogP contribution in [0.1, 0.15) is 25.8 Å². The number of nitrogens with zero attached hydrogens (tertiary/aromatic N) is 1. The summed E-state index contributed by atoms with van der Waals surface area (Å²) in [4.78, 5) is 4.16. The van der Waals surface area contributed by atoms with Gasteiger partial charge in [-0.05, 0) is 37.5 Å². The van der Waals surface area contributed by atoms with Gasteiger partial charge in [0.25, 0.3) is 0 Å². The maximum atomic E-state index is 12.7. The molecule has 0 radical (unpaired) electrons. The van der Waals surface area contributed by atoms with Crippen LogP contribution in [-0.4, -0.2) is 25.6 Å². The zero-order chi connectivity index (χ0) is 13.4. The van der Waals surface area contributed by atoms with Crippen molar-refractivity contribution in [2.24, 2.45) is 4.99 Å². The van der Waals surface area contributed by atoms with Crippen molar-refractivity contribution in [1.29, 1.82) is 0 Å². The molecular formula is C14H22FN3. The number of benzene rings is 1. The standard InChI is InChI=1S/C14H22FN3/c1-4-11(2)18-14(16-3)17-10-9-12-5-7-13(15)8-6-12/h5-8,11H,4,9-10H2,1-3H3,(H2,16,17,18). The summed E-state index contributed by atoms with van der Waals surface area (Å²) in [5.74, 6) is 0.618. The third-order valence-corrected chi connectivity index (χ3v) is 2.84. The van der Waals surface area contributed by atoms with E-state index in [-0.39, 0.29) is 5.82 Å². The predicted molar refractivity (Wildman–Crippen MR) is 74.4 cm³/mol. The molecule has 1 aromatic carbocycles. The van der Waals surface area contributed by atoms with Gasteiger partial charge in [0.05, 0.1) is 0 Å². The van der Waals surface area contributed by atoms with Gasteiger partial charge < -0.3 is 10.6 Å². The van der Waals surface area contributed by atoms with Crippen LogP contribution in [0.5, 0.6) is 0 Å². The molecule has 4 heteroatoms. The molecule has 0 amide bonds. The fourth-order valence-electron chi connectivity index (χ4n) is 1.51. The molecule has 3 nitrogen and oxygen atoms in total. The van der Waals surface area contributed by atoms with E-state index in [0.29, 0.717) is 6.04 Å². The van der Waals surface area contributed by atoms with E-state index in [0.717, 1.165) is 30.9 Å². The summed E-state index contributed by atoms with van der Waals surface area (Å²) < 4.78 is 12.7. The molecule has 0 heterocycles. The lowest BCUT2D eigenvalue weighted by Crippen LogP contribution is -2.42. The van der Waals surface area contributed by atoms with Gasteiger partial charge in [-0.25, -0.2) is 4.39 Å². The molecule has 0 bridgehead atoms. The van der Waals surface area contributed by atoms with Gasteiger partial charge in [0.2, 0.25) is 0 Å². The highest BCUT2D eigenvalue weighted by Gasteiger charge is 2.02. The normalized spacial score (nSPS) is 13.2. The van der Waals surface area contributed by atoms with E-state index in [1.807, 2.05) is 12.1 Å². The molecule has 0 aliphatic heterocycles. The van der Waals surface area contributed by atoms with Crippen LogP contribution in [0.15, 0.2) is 29.3 Å². The Morgan fingerprint density at radius 1 is 1.33 bits per heavy atom. The number of rotatable bonds is 5. The summed E-state index contributed by atoms with van der Waals surface area (Å²) in [6.07, 6.45) is 1.90. The third-order valence-electron chi connectivity index (χ3n) is 2.84. The Morgan fingerprint density at radius 2 is 2.00 bits per heavy atom. The van der Waals surface area contributed by atoms with E-state index in [2.05, 4.69) is 29.5 Å². The second kappa shape index (κ2) is 7.69. The maximum absolute atomic E-state index is 12.7. The maximum Gasteiger partial charge on any atom is 0.191 e. The van der Waals surface area contributed by atoms with Crippen LogP contribution in [0.25, 0.3) is 0 Å². The molecule has 0 saturated heterocycles. The van der Waals surface area contributed by atoms with Crippen LogP contribution < -0.4 is 10.6 Å². The first-order valence-electron chi connectivity index (χ1n) is 6.37. The first kappa shape index (κ1) is 14.5. The van der Waals surface area contributed by atoms with Crippen molar-refractivity contribution in [3.63, 3.8) is 0 Å². The largest absolute Gasteiger partial charge is 0.356 e. The molecule has 1 unspecified atom stereocenters. The van der Waals surface area contributed by atoms with Crippen molar-refractivity contribution in [1.82, 2.24) is 10.6 Å². The van der Waals surface area contributed by atoms with E-state index >= 15 is 0 Å². The summed E-state index contributed by atoms with van der Waals surface area (Å²) in [5.41, 5.74) is 1.11. The number of aliphatic imine (C=N–C) groups is 1. The summed E-state index contributed by atoms with van der Waals surface area (Å²) in [7, 11) is 1.76. The molecule has 0 fully saturated rings. The molecule has 100 valence electrons. The molecule has 0 aromatic heterocycles. The average molecular weight is 251 g/mol. The topological polar surface area (TPSA) is 36.4 Å². The van der Waals surface area contributed by atoms with Gasteiger partial charge in [-0.2, -0.15) is 0 Å². The zero-order valence-electron chi connectivity index (χ0n) is 11.3. The Bertz CT molecular complexity index is 373. The van der Waals surface area contributed by atoms with Crippen molar-refractivity contribution in [3.8, 4) is 0 Å². The fourth-order valence-corrected chi connectivity index (χ4v) is 1.51. The van der Waals surface area contributed by atoms with Gasteiger partial charge in [0.15, 0.2) is 5.96 Å². The van der Waals surface area contributed by atoms with Crippen LogP contribution in [0.2, 0.25) is 0 Å². The Labute approximate surface area is 109 Å². The van der Waals surface area contributed by atoms with Gasteiger partial charge in [0, 0.05) is 19.6 Å². The van der Waals surface area contributed by atoms with E-state index in [1.165, 1.54) is 12.1 Å². The van der Waals surface area contributed by atoms with E-state index in [4.69, 9.17) is 0 Å². The SMILES string of the molecule is CCC(C)NC(=NC)NCCc1ccc(F)cc1. The van der Waals surface area contributed by atoms with E-state index < -0.39 is 0 Å². The Kier molecular flexibility index (Phi) is 6.19. The minimum Gasteiger partial charge on any atom is -0.356 e. The quantitative estimate of drug-likeness (QED) is 0.622. The fraction of sp³-hybridized carbons (Fsp3) is 0.500. The minimum absolute atomic E-state index is 0.194. The highest BCUT2D eigenvalue weighted by atomic mass is 19.1. The molecule has 0 aliphatic carbocycles. The molecule has 18 heavy (non-hydrogen) atoms. The Balaban J connectivity index is 2.33. The average Bonchev–Trinajstić information content (AvgIpc) is 2.39. The minimum atomic E-state index is -0.194. The van der Waals surface area contributed by atoms with Gasteiger partial charge in [-0.15, -0.1) is 0 Å². The first-order valence-corrected chi connectivity index (χ1v) is 6.37. The van der Waals surface area contributed by atoms with Crippen LogP contribution in [0.4, 0.5) is 4.39 Å². The van der Waals surface area contributed by atoms with Crippen LogP contribution in [0.3, 0.4) is 0 Å². The lowest BCUT2D eigenvalue weighted by atomic mass is 10.1. The number of guanidine groups is 1. The smallest absolute Gasteiger partial charge is 0.191 e. The molecular weight excluding hydrogens is 229 g/mol. The zero-order valence-corrected chi connectivity index (χ0v) is 11.3. The second-order valence-electron chi connectivity index (χ2n) is 4.33. The van der Waals surface area contributed by atoms with Gasteiger partial charge in [-0.3, -0.25) is 4.99 Å². The second-order valence-corrected chi connectivity index (χ2v) is 4.33. The van der Waals surface area contributed by atoms with Crippen LogP contribution in [0, 0.1) is 5.82 Å². The van der Waals surface area contributed by atoms with Crippen molar-refractivity contribution < 1.29 is 4.39 Å². The van der Waals surface area contributed by atoms with Crippen molar-refractivity contribution in [2.45, 2.75) is 32.7 Å². The summed E-state index contributed by atoms with van der Waals surface area (Å²) in [6, 6.07) is 6.99. The molecule has 1 aromatic rings. The van der Waals surface area contributed by atoms with Crippen LogP contribution in [-0.2, 0) is 6.42 Å². The summed E-state index contributed by atoms with van der Waals surface area (Å²) >= 11 is 0. The highest BCUT2D eigenvalue weighted by molar-refractivity contribution is 5.79. The molecule has 0 saturated carbocycles. The monoisotopic (exact) mass is 251 g/mol. The van der Waals surface area contributed by atoms with Gasteiger partial charge in [0.1, 0.15) is 5.82 Å². The van der Waals surface area contributed by atoms with Crippen molar-refractivity contribution >= 4 is 5.96 Å². The molecule has 1 rings (SSSR count). The van der Waals surface area contributed by atoms with Crippen molar-refractivity contribution in [2.75, 3.05) is 13.6 Å². The predicted octanol–water partition coefficient (Wildman–Crippen LogP) is 2.33. The Hall–Kier alpha value is -1.58.